The van der Waals surface area contributed by atoms with Crippen LogP contribution in [0.5, 0.6) is 11.5 Å². The maximum atomic E-state index is 12.1. The number of nitrogens with one attached hydrogen (secondary N) is 1. The molecule has 1 aliphatic carbocycles. The summed E-state index contributed by atoms with van der Waals surface area (Å²) in [5, 5.41) is 13.4. The van der Waals surface area contributed by atoms with E-state index in [1.807, 2.05) is 0 Å². The monoisotopic (exact) mass is 344 g/mol. The highest BCUT2D eigenvalue weighted by atomic mass is 16.7. The minimum atomic E-state index is -0.606. The summed E-state index contributed by atoms with van der Waals surface area (Å²) in [5.41, 5.74) is 0.581. The van der Waals surface area contributed by atoms with Gasteiger partial charge in [0, 0.05) is 24.6 Å². The van der Waals surface area contributed by atoms with Gasteiger partial charge in [0.05, 0.1) is 0 Å². The lowest BCUT2D eigenvalue weighted by Gasteiger charge is -2.21. The zero-order chi connectivity index (χ0) is 17.4. The minimum absolute atomic E-state index is 0.0702. The van der Waals surface area contributed by atoms with Crippen LogP contribution in [0.3, 0.4) is 0 Å². The maximum absolute atomic E-state index is 12.1. The second-order valence-electron chi connectivity index (χ2n) is 6.19. The molecule has 1 amide bonds. The molecular formula is C16H16N4O5. The first-order chi connectivity index (χ1) is 12.0. The fourth-order valence-corrected chi connectivity index (χ4v) is 3.18. The molecule has 0 radical (unpaired) electrons. The molecule has 0 bridgehead atoms. The van der Waals surface area contributed by atoms with Crippen molar-refractivity contribution in [3.63, 3.8) is 0 Å². The summed E-state index contributed by atoms with van der Waals surface area (Å²) in [6.07, 6.45) is 6.35. The Morgan fingerprint density at radius 1 is 1.32 bits per heavy atom. The molecule has 2 heterocycles. The Kier molecular flexibility index (Phi) is 3.56. The first-order valence-corrected chi connectivity index (χ1v) is 8.01. The summed E-state index contributed by atoms with van der Waals surface area (Å²) >= 11 is 0. The largest absolute Gasteiger partial charge is 0.448 e. The van der Waals surface area contributed by atoms with Crippen LogP contribution in [0.25, 0.3) is 0 Å². The molecule has 25 heavy (non-hydrogen) atoms. The van der Waals surface area contributed by atoms with Crippen molar-refractivity contribution in [2.75, 3.05) is 5.32 Å². The molecule has 130 valence electrons. The van der Waals surface area contributed by atoms with Gasteiger partial charge in [0.15, 0.2) is 11.5 Å². The first-order valence-electron chi connectivity index (χ1n) is 8.01. The summed E-state index contributed by atoms with van der Waals surface area (Å²) in [6, 6.07) is 5.25. The molecule has 9 heteroatoms. The lowest BCUT2D eigenvalue weighted by molar-refractivity contribution is -0.389. The fraction of sp³-hybridized carbons (Fsp3) is 0.375. The molecule has 4 rings (SSSR count). The Labute approximate surface area is 142 Å². The van der Waals surface area contributed by atoms with Crippen LogP contribution in [0.2, 0.25) is 0 Å². The van der Waals surface area contributed by atoms with E-state index in [9.17, 15) is 14.9 Å². The number of imidazole rings is 1. The highest BCUT2D eigenvalue weighted by Gasteiger charge is 2.44. The van der Waals surface area contributed by atoms with Gasteiger partial charge >= 0.3 is 5.82 Å². The molecule has 1 fully saturated rings. The molecule has 2 aliphatic rings. The summed E-state index contributed by atoms with van der Waals surface area (Å²) in [5.74, 6) is 0.156. The first kappa shape index (κ1) is 15.4. The molecule has 1 aromatic carbocycles. The zero-order valence-corrected chi connectivity index (χ0v) is 13.3. The third-order valence-electron chi connectivity index (χ3n) is 4.32. The van der Waals surface area contributed by atoms with Crippen LogP contribution in [-0.4, -0.2) is 26.2 Å². The van der Waals surface area contributed by atoms with Crippen LogP contribution in [0.15, 0.2) is 30.7 Å². The fourth-order valence-electron chi connectivity index (χ4n) is 3.18. The smallest absolute Gasteiger partial charge is 0.381 e. The van der Waals surface area contributed by atoms with Crippen LogP contribution in [0, 0.1) is 10.1 Å². The van der Waals surface area contributed by atoms with E-state index in [4.69, 9.17) is 9.47 Å². The topological polar surface area (TPSA) is 109 Å². The minimum Gasteiger partial charge on any atom is -0.448 e. The average molecular weight is 344 g/mol. The number of hydrogen-bond acceptors (Lipinski definition) is 6. The number of carbonyl (C=O) groups is 1. The number of fused-ring (bicyclic) bond motifs is 1. The van der Waals surface area contributed by atoms with Crippen molar-refractivity contribution in [1.82, 2.24) is 9.55 Å². The van der Waals surface area contributed by atoms with E-state index in [1.54, 1.807) is 18.2 Å². The Balaban J connectivity index is 1.41. The van der Waals surface area contributed by atoms with Gasteiger partial charge in [-0.2, -0.15) is 0 Å². The molecule has 0 unspecified atom stereocenters. The van der Waals surface area contributed by atoms with Crippen molar-refractivity contribution in [3.8, 4) is 11.5 Å². The number of aromatic nitrogens is 2. The summed E-state index contributed by atoms with van der Waals surface area (Å²) in [7, 11) is 0. The quantitative estimate of drug-likeness (QED) is 0.674. The summed E-state index contributed by atoms with van der Waals surface area (Å²) in [6.45, 7) is -0.0702. The Hall–Kier alpha value is -3.10. The highest BCUT2D eigenvalue weighted by Crippen LogP contribution is 2.47. The number of carbonyl (C=O) groups excluding carboxylic acids is 1. The number of nitro groups is 1. The van der Waals surface area contributed by atoms with Crippen molar-refractivity contribution in [2.45, 2.75) is 38.0 Å². The second-order valence-corrected chi connectivity index (χ2v) is 6.19. The Morgan fingerprint density at radius 2 is 2.08 bits per heavy atom. The van der Waals surface area contributed by atoms with E-state index < -0.39 is 10.7 Å². The van der Waals surface area contributed by atoms with Crippen molar-refractivity contribution in [1.29, 1.82) is 0 Å². The van der Waals surface area contributed by atoms with E-state index in [2.05, 4.69) is 10.3 Å². The normalized spacial score (nSPS) is 17.0. The van der Waals surface area contributed by atoms with Crippen LogP contribution in [0.1, 0.15) is 25.7 Å². The molecule has 2 aromatic rings. The van der Waals surface area contributed by atoms with E-state index in [1.165, 1.54) is 17.1 Å². The van der Waals surface area contributed by atoms with Gasteiger partial charge in [-0.1, -0.05) is 0 Å². The van der Waals surface area contributed by atoms with Crippen molar-refractivity contribution in [3.05, 3.63) is 40.8 Å². The summed E-state index contributed by atoms with van der Waals surface area (Å²) < 4.78 is 13.2. The molecule has 0 saturated heterocycles. The predicted octanol–water partition coefficient (Wildman–Crippen LogP) is 2.47. The lowest BCUT2D eigenvalue weighted by atomic mass is 10.2. The molecule has 0 atom stereocenters. The Morgan fingerprint density at radius 3 is 2.80 bits per heavy atom. The molecule has 1 aromatic heterocycles. The third kappa shape index (κ3) is 3.00. The Bertz CT molecular complexity index is 841. The van der Waals surface area contributed by atoms with E-state index in [-0.39, 0.29) is 18.3 Å². The third-order valence-corrected chi connectivity index (χ3v) is 4.32. The summed E-state index contributed by atoms with van der Waals surface area (Å²) in [4.78, 5) is 25.7. The van der Waals surface area contributed by atoms with Gasteiger partial charge < -0.3 is 29.5 Å². The number of benzene rings is 1. The average Bonchev–Trinajstić information content (AvgIpc) is 3.27. The van der Waals surface area contributed by atoms with Gasteiger partial charge in [-0.25, -0.2) is 0 Å². The maximum Gasteiger partial charge on any atom is 0.381 e. The zero-order valence-electron chi connectivity index (χ0n) is 13.3. The van der Waals surface area contributed by atoms with Crippen LogP contribution in [0.4, 0.5) is 11.5 Å². The molecular weight excluding hydrogens is 328 g/mol. The van der Waals surface area contributed by atoms with E-state index in [0.29, 0.717) is 17.2 Å². The molecule has 1 saturated carbocycles. The SMILES string of the molecule is O=C(Cn1cnc([N+](=O)[O-])c1)Nc1ccc2c(c1)OC1(CCCC1)O2. The number of hydrogen-bond donors (Lipinski definition) is 1. The van der Waals surface area contributed by atoms with Crippen LogP contribution >= 0.6 is 0 Å². The number of amides is 1. The van der Waals surface area contributed by atoms with E-state index in [0.717, 1.165) is 25.7 Å². The molecule has 1 spiro atoms. The van der Waals surface area contributed by atoms with Crippen LogP contribution in [-0.2, 0) is 11.3 Å². The molecule has 9 nitrogen and oxygen atoms in total. The highest BCUT2D eigenvalue weighted by molar-refractivity contribution is 5.91. The molecule has 1 aliphatic heterocycles. The van der Waals surface area contributed by atoms with Gasteiger partial charge in [-0.3, -0.25) is 4.79 Å². The van der Waals surface area contributed by atoms with Gasteiger partial charge in [-0.05, 0) is 34.9 Å². The van der Waals surface area contributed by atoms with Crippen molar-refractivity contribution < 1.29 is 19.2 Å². The molecule has 1 N–H and O–H groups in total. The van der Waals surface area contributed by atoms with Gasteiger partial charge in [0.1, 0.15) is 12.7 Å². The van der Waals surface area contributed by atoms with Crippen molar-refractivity contribution in [2.24, 2.45) is 0 Å². The lowest BCUT2D eigenvalue weighted by Crippen LogP contribution is -2.34. The number of anilines is 1. The van der Waals surface area contributed by atoms with E-state index >= 15 is 0 Å². The van der Waals surface area contributed by atoms with Gasteiger partial charge in [0.2, 0.25) is 12.2 Å². The number of ether oxygens (including phenoxy) is 2. The predicted molar refractivity (Wildman–Crippen MR) is 86.4 cm³/mol. The van der Waals surface area contributed by atoms with Crippen LogP contribution < -0.4 is 14.8 Å². The second kappa shape index (κ2) is 5.76. The van der Waals surface area contributed by atoms with Crippen molar-refractivity contribution >= 4 is 17.4 Å². The van der Waals surface area contributed by atoms with Gasteiger partial charge in [0.25, 0.3) is 5.79 Å². The standard InChI is InChI=1S/C16H16N4O5/c21-15(9-19-8-14(17-10-19)20(22)23)18-11-3-4-12-13(7-11)25-16(24-12)5-1-2-6-16/h3-4,7-8,10H,1-2,5-6,9H2,(H,18,21). The van der Waals surface area contributed by atoms with Gasteiger partial charge in [-0.15, -0.1) is 0 Å². The number of nitrogens with zero attached hydrogens (tertiary/aromatic N) is 3. The number of rotatable bonds is 4.